The van der Waals surface area contributed by atoms with E-state index in [-0.39, 0.29) is 18.1 Å². The van der Waals surface area contributed by atoms with Gasteiger partial charge in [0.1, 0.15) is 12.7 Å². The first-order chi connectivity index (χ1) is 9.54. The van der Waals surface area contributed by atoms with E-state index in [1.54, 1.807) is 28.1 Å². The van der Waals surface area contributed by atoms with Crippen molar-refractivity contribution in [3.63, 3.8) is 0 Å². The summed E-state index contributed by atoms with van der Waals surface area (Å²) >= 11 is 0. The van der Waals surface area contributed by atoms with Crippen molar-refractivity contribution < 1.29 is 4.79 Å². The Labute approximate surface area is 117 Å². The van der Waals surface area contributed by atoms with Gasteiger partial charge >= 0.3 is 6.03 Å². The first-order valence-corrected chi connectivity index (χ1v) is 6.48. The number of rotatable bonds is 5. The highest BCUT2D eigenvalue weighted by Gasteiger charge is 2.10. The molecular weight excluding hydrogens is 258 g/mol. The maximum Gasteiger partial charge on any atom is 0.319 e. The van der Waals surface area contributed by atoms with Crippen molar-refractivity contribution in [1.82, 2.24) is 29.9 Å². The Balaban J connectivity index is 1.82. The van der Waals surface area contributed by atoms with Crippen LogP contribution in [0.2, 0.25) is 0 Å². The lowest BCUT2D eigenvalue weighted by molar-refractivity contribution is 0.247. The third-order valence-electron chi connectivity index (χ3n) is 2.69. The number of nitrogens with zero attached hydrogens (tertiary/aromatic N) is 5. The normalized spacial score (nSPS) is 12.4. The topological polar surface area (TPSA) is 89.7 Å². The van der Waals surface area contributed by atoms with Gasteiger partial charge in [-0.1, -0.05) is 0 Å². The second-order valence-electron chi connectivity index (χ2n) is 4.92. The van der Waals surface area contributed by atoms with E-state index < -0.39 is 0 Å². The molecule has 2 N–H and O–H groups in total. The number of aromatic nitrogens is 5. The number of hydrogen-bond donors (Lipinski definition) is 2. The molecule has 0 saturated heterocycles. The highest BCUT2D eigenvalue weighted by Crippen LogP contribution is 2.09. The van der Waals surface area contributed by atoms with Crippen molar-refractivity contribution in [2.24, 2.45) is 0 Å². The maximum atomic E-state index is 11.8. The summed E-state index contributed by atoms with van der Waals surface area (Å²) in [5, 5.41) is 13.7. The van der Waals surface area contributed by atoms with Crippen molar-refractivity contribution in [2.45, 2.75) is 39.4 Å². The van der Waals surface area contributed by atoms with Gasteiger partial charge in [-0.2, -0.15) is 10.2 Å². The van der Waals surface area contributed by atoms with Gasteiger partial charge in [0.05, 0.1) is 18.4 Å². The predicted octanol–water partition coefficient (Wildman–Crippen LogP) is 1.27. The molecule has 8 heteroatoms. The van der Waals surface area contributed by atoms with E-state index in [1.807, 2.05) is 20.8 Å². The van der Waals surface area contributed by atoms with Gasteiger partial charge in [0, 0.05) is 18.3 Å². The zero-order valence-corrected chi connectivity index (χ0v) is 11.8. The quantitative estimate of drug-likeness (QED) is 0.861. The molecule has 0 aliphatic rings. The summed E-state index contributed by atoms with van der Waals surface area (Å²) in [5.41, 5.74) is 0.671. The average molecular weight is 277 g/mol. The van der Waals surface area contributed by atoms with Gasteiger partial charge in [-0.25, -0.2) is 9.78 Å². The molecule has 8 nitrogen and oxygen atoms in total. The Hall–Kier alpha value is -2.38. The first-order valence-electron chi connectivity index (χ1n) is 6.48. The summed E-state index contributed by atoms with van der Waals surface area (Å²) in [6, 6.07) is -0.0578. The molecule has 0 radical (unpaired) electrons. The molecule has 0 aromatic carbocycles. The summed E-state index contributed by atoms with van der Waals surface area (Å²) in [5.74, 6) is 0. The lowest BCUT2D eigenvalue weighted by atomic mass is 10.3. The van der Waals surface area contributed by atoms with Gasteiger partial charge in [0.2, 0.25) is 0 Å². The van der Waals surface area contributed by atoms with Crippen LogP contribution in [-0.4, -0.2) is 36.6 Å². The molecule has 0 fully saturated rings. The SMILES string of the molecule is CC(C)n1cc(NC(=O)N[C@H](C)Cn2cncn2)cn1. The summed E-state index contributed by atoms with van der Waals surface area (Å²) in [4.78, 5) is 15.7. The molecule has 20 heavy (non-hydrogen) atoms. The van der Waals surface area contributed by atoms with Crippen molar-refractivity contribution in [3.8, 4) is 0 Å². The van der Waals surface area contributed by atoms with Crippen LogP contribution in [0.4, 0.5) is 10.5 Å². The summed E-state index contributed by atoms with van der Waals surface area (Å²) in [6.45, 7) is 6.52. The molecule has 2 aromatic rings. The van der Waals surface area contributed by atoms with Crippen LogP contribution in [0.3, 0.4) is 0 Å². The van der Waals surface area contributed by atoms with Crippen LogP contribution < -0.4 is 10.6 Å². The molecule has 0 aliphatic carbocycles. The van der Waals surface area contributed by atoms with E-state index in [4.69, 9.17) is 0 Å². The van der Waals surface area contributed by atoms with Gasteiger partial charge in [-0.3, -0.25) is 9.36 Å². The molecular formula is C12H19N7O. The molecule has 2 amide bonds. The Bertz CT molecular complexity index is 546. The van der Waals surface area contributed by atoms with Gasteiger partial charge < -0.3 is 10.6 Å². The Morgan fingerprint density at radius 3 is 2.75 bits per heavy atom. The van der Waals surface area contributed by atoms with Crippen LogP contribution in [0.5, 0.6) is 0 Å². The third-order valence-corrected chi connectivity index (χ3v) is 2.69. The summed E-state index contributed by atoms with van der Waals surface area (Å²) < 4.78 is 3.45. The lowest BCUT2D eigenvalue weighted by Crippen LogP contribution is -2.38. The molecule has 108 valence electrons. The summed E-state index contributed by atoms with van der Waals surface area (Å²) in [7, 11) is 0. The van der Waals surface area contributed by atoms with Crippen molar-refractivity contribution in [3.05, 3.63) is 25.0 Å². The zero-order valence-electron chi connectivity index (χ0n) is 11.8. The number of amides is 2. The number of nitrogens with one attached hydrogen (secondary N) is 2. The van der Waals surface area contributed by atoms with Gasteiger partial charge in [-0.05, 0) is 20.8 Å². The Morgan fingerprint density at radius 1 is 1.35 bits per heavy atom. The number of carbonyl (C=O) groups is 1. The fourth-order valence-corrected chi connectivity index (χ4v) is 1.73. The minimum atomic E-state index is -0.263. The molecule has 0 spiro atoms. The number of carbonyl (C=O) groups excluding carboxylic acids is 1. The maximum absolute atomic E-state index is 11.8. The number of anilines is 1. The van der Waals surface area contributed by atoms with Gasteiger partial charge in [0.25, 0.3) is 0 Å². The minimum Gasteiger partial charge on any atom is -0.334 e. The first kappa shape index (κ1) is 14.0. The Morgan fingerprint density at radius 2 is 2.15 bits per heavy atom. The van der Waals surface area contributed by atoms with E-state index in [1.165, 1.54) is 6.33 Å². The van der Waals surface area contributed by atoms with Crippen LogP contribution in [-0.2, 0) is 6.54 Å². The summed E-state index contributed by atoms with van der Waals surface area (Å²) in [6.07, 6.45) is 6.50. The molecule has 0 aliphatic heterocycles. The highest BCUT2D eigenvalue weighted by atomic mass is 16.2. The molecule has 2 heterocycles. The van der Waals surface area contributed by atoms with Crippen molar-refractivity contribution in [2.75, 3.05) is 5.32 Å². The van der Waals surface area contributed by atoms with Gasteiger partial charge in [0.15, 0.2) is 0 Å². The van der Waals surface area contributed by atoms with E-state index in [0.29, 0.717) is 12.2 Å². The second kappa shape index (κ2) is 6.18. The van der Waals surface area contributed by atoms with Crippen molar-refractivity contribution in [1.29, 1.82) is 0 Å². The zero-order chi connectivity index (χ0) is 14.5. The molecule has 0 unspecified atom stereocenters. The fourth-order valence-electron chi connectivity index (χ4n) is 1.73. The monoisotopic (exact) mass is 277 g/mol. The fraction of sp³-hybridized carbons (Fsp3) is 0.500. The molecule has 2 aromatic heterocycles. The van der Waals surface area contributed by atoms with Crippen LogP contribution in [0.25, 0.3) is 0 Å². The molecule has 0 bridgehead atoms. The van der Waals surface area contributed by atoms with E-state index in [2.05, 4.69) is 25.8 Å². The van der Waals surface area contributed by atoms with Crippen molar-refractivity contribution >= 4 is 11.7 Å². The smallest absolute Gasteiger partial charge is 0.319 e. The standard InChI is InChI=1S/C12H19N7O/c1-9(2)19-6-11(4-14-19)17-12(20)16-10(3)5-18-8-13-7-15-18/h4,6-10H,5H2,1-3H3,(H2,16,17,20)/t10-/m1/s1. The average Bonchev–Trinajstić information content (AvgIpc) is 2.99. The second-order valence-corrected chi connectivity index (χ2v) is 4.92. The van der Waals surface area contributed by atoms with Crippen LogP contribution in [0.15, 0.2) is 25.0 Å². The highest BCUT2D eigenvalue weighted by molar-refractivity contribution is 5.89. The van der Waals surface area contributed by atoms with Crippen LogP contribution in [0, 0.1) is 0 Å². The number of urea groups is 1. The van der Waals surface area contributed by atoms with E-state index in [9.17, 15) is 4.79 Å². The molecule has 1 atom stereocenters. The van der Waals surface area contributed by atoms with Crippen LogP contribution in [0.1, 0.15) is 26.8 Å². The molecule has 2 rings (SSSR count). The van der Waals surface area contributed by atoms with Gasteiger partial charge in [-0.15, -0.1) is 0 Å². The number of hydrogen-bond acceptors (Lipinski definition) is 4. The van der Waals surface area contributed by atoms with Crippen LogP contribution >= 0.6 is 0 Å². The molecule has 0 saturated carbocycles. The predicted molar refractivity (Wildman–Crippen MR) is 74.3 cm³/mol. The van der Waals surface area contributed by atoms with E-state index >= 15 is 0 Å². The Kier molecular flexibility index (Phi) is 4.34. The largest absolute Gasteiger partial charge is 0.334 e. The third kappa shape index (κ3) is 3.81. The minimum absolute atomic E-state index is 0.0585. The van der Waals surface area contributed by atoms with E-state index in [0.717, 1.165) is 0 Å². The lowest BCUT2D eigenvalue weighted by Gasteiger charge is -2.13.